The van der Waals surface area contributed by atoms with Gasteiger partial charge in [-0.25, -0.2) is 4.98 Å². The molecular weight excluding hydrogens is 342 g/mol. The summed E-state index contributed by atoms with van der Waals surface area (Å²) in [6.07, 6.45) is 4.92. The third-order valence-electron chi connectivity index (χ3n) is 4.25. The Morgan fingerprint density at radius 2 is 1.89 bits per heavy atom. The van der Waals surface area contributed by atoms with Crippen molar-refractivity contribution in [2.75, 3.05) is 11.9 Å². The number of benzene rings is 2. The van der Waals surface area contributed by atoms with Crippen LogP contribution in [0, 0.1) is 0 Å². The highest BCUT2D eigenvalue weighted by Gasteiger charge is 2.11. The number of aromatic nitrogens is 2. The summed E-state index contributed by atoms with van der Waals surface area (Å²) in [5, 5.41) is 2.73. The number of rotatable bonds is 8. The first-order valence-electron chi connectivity index (χ1n) is 9.10. The zero-order valence-electron chi connectivity index (χ0n) is 15.4. The molecule has 0 fully saturated rings. The summed E-state index contributed by atoms with van der Waals surface area (Å²) in [7, 11) is 0. The number of para-hydroxylation sites is 2. The second-order valence-corrected chi connectivity index (χ2v) is 6.37. The lowest BCUT2D eigenvalue weighted by Gasteiger charge is -2.08. The van der Waals surface area contributed by atoms with Crippen LogP contribution in [0.4, 0.5) is 5.69 Å². The second kappa shape index (κ2) is 8.98. The quantitative estimate of drug-likeness (QED) is 0.620. The smallest absolute Gasteiger partial charge is 0.326 e. The fourth-order valence-electron chi connectivity index (χ4n) is 2.80. The number of fused-ring (bicyclic) bond motifs is 1. The number of nitrogens with zero attached hydrogens (tertiary/aromatic N) is 2. The van der Waals surface area contributed by atoms with E-state index in [1.807, 2.05) is 48.5 Å². The van der Waals surface area contributed by atoms with E-state index in [0.29, 0.717) is 5.69 Å². The number of nitrogens with one attached hydrogen (secondary N) is 1. The van der Waals surface area contributed by atoms with E-state index in [4.69, 9.17) is 4.74 Å². The van der Waals surface area contributed by atoms with Crippen molar-refractivity contribution >= 4 is 28.6 Å². The van der Waals surface area contributed by atoms with Crippen LogP contribution in [0.25, 0.3) is 11.0 Å². The number of esters is 1. The summed E-state index contributed by atoms with van der Waals surface area (Å²) in [5.74, 6) is -0.844. The van der Waals surface area contributed by atoms with E-state index in [1.165, 1.54) is 5.56 Å². The summed E-state index contributed by atoms with van der Waals surface area (Å²) >= 11 is 0. The summed E-state index contributed by atoms with van der Waals surface area (Å²) < 4.78 is 6.77. The first kappa shape index (κ1) is 18.6. The van der Waals surface area contributed by atoms with Crippen molar-refractivity contribution in [3.05, 3.63) is 60.4 Å². The van der Waals surface area contributed by atoms with E-state index >= 15 is 0 Å². The topological polar surface area (TPSA) is 73.2 Å². The predicted octanol–water partition coefficient (Wildman–Crippen LogP) is 3.56. The fourth-order valence-corrected chi connectivity index (χ4v) is 2.80. The van der Waals surface area contributed by atoms with Crippen LogP contribution in [0.15, 0.2) is 54.9 Å². The molecule has 0 spiro atoms. The summed E-state index contributed by atoms with van der Waals surface area (Å²) in [6, 6.07) is 15.3. The van der Waals surface area contributed by atoms with Crippen molar-refractivity contribution in [1.29, 1.82) is 0 Å². The monoisotopic (exact) mass is 365 g/mol. The van der Waals surface area contributed by atoms with Crippen molar-refractivity contribution < 1.29 is 14.3 Å². The van der Waals surface area contributed by atoms with Gasteiger partial charge >= 0.3 is 5.97 Å². The van der Waals surface area contributed by atoms with Gasteiger partial charge in [-0.1, -0.05) is 37.6 Å². The van der Waals surface area contributed by atoms with Crippen LogP contribution in [0.5, 0.6) is 0 Å². The number of unbranched alkanes of at least 4 members (excludes halogenated alkanes) is 1. The van der Waals surface area contributed by atoms with Gasteiger partial charge in [0.1, 0.15) is 6.54 Å². The van der Waals surface area contributed by atoms with Crippen LogP contribution in [0.1, 0.15) is 25.3 Å². The van der Waals surface area contributed by atoms with E-state index in [9.17, 15) is 9.59 Å². The molecule has 0 saturated heterocycles. The molecule has 0 radical (unpaired) electrons. The summed E-state index contributed by atoms with van der Waals surface area (Å²) in [4.78, 5) is 28.2. The maximum absolute atomic E-state index is 12.0. The predicted molar refractivity (Wildman–Crippen MR) is 104 cm³/mol. The third kappa shape index (κ3) is 5.17. The van der Waals surface area contributed by atoms with Crippen LogP contribution in [0.3, 0.4) is 0 Å². The molecule has 6 heteroatoms. The molecule has 0 atom stereocenters. The molecule has 1 aromatic heterocycles. The molecule has 6 nitrogen and oxygen atoms in total. The molecule has 0 bridgehead atoms. The Morgan fingerprint density at radius 1 is 1.11 bits per heavy atom. The van der Waals surface area contributed by atoms with Crippen molar-refractivity contribution in [3.8, 4) is 0 Å². The van der Waals surface area contributed by atoms with E-state index in [2.05, 4.69) is 17.2 Å². The molecule has 140 valence electrons. The number of carbonyl (C=O) groups excluding carboxylic acids is 2. The van der Waals surface area contributed by atoms with Crippen LogP contribution >= 0.6 is 0 Å². The molecule has 0 saturated carbocycles. The lowest BCUT2D eigenvalue weighted by atomic mass is 10.1. The van der Waals surface area contributed by atoms with Gasteiger partial charge in [-0.05, 0) is 42.7 Å². The molecule has 1 amide bonds. The molecule has 0 aliphatic heterocycles. The lowest BCUT2D eigenvalue weighted by molar-refractivity contribution is -0.147. The summed E-state index contributed by atoms with van der Waals surface area (Å²) in [5.41, 5.74) is 3.60. The van der Waals surface area contributed by atoms with Gasteiger partial charge < -0.3 is 14.6 Å². The van der Waals surface area contributed by atoms with Crippen LogP contribution in [-0.2, 0) is 27.3 Å². The molecular formula is C21H23N3O3. The Balaban J connectivity index is 1.46. The Hall–Kier alpha value is -3.15. The second-order valence-electron chi connectivity index (χ2n) is 6.37. The number of ether oxygens (including phenoxy) is 1. The van der Waals surface area contributed by atoms with Crippen molar-refractivity contribution in [1.82, 2.24) is 9.55 Å². The standard InChI is InChI=1S/C21H23N3O3/c1-2-3-6-16-9-11-17(12-10-16)23-20(25)14-27-21(26)13-24-15-22-18-7-4-5-8-19(18)24/h4-5,7-12,15H,2-3,6,13-14H2,1H3,(H,23,25). The Labute approximate surface area is 158 Å². The SMILES string of the molecule is CCCCc1ccc(NC(=O)COC(=O)Cn2cnc3ccccc32)cc1. The Morgan fingerprint density at radius 3 is 2.67 bits per heavy atom. The average molecular weight is 365 g/mol. The van der Waals surface area contributed by atoms with Gasteiger partial charge in [0.15, 0.2) is 6.61 Å². The molecule has 1 heterocycles. The highest BCUT2D eigenvalue weighted by atomic mass is 16.5. The molecule has 3 rings (SSSR count). The molecule has 0 aliphatic carbocycles. The normalized spacial score (nSPS) is 10.7. The number of aryl methyl sites for hydroxylation is 1. The van der Waals surface area contributed by atoms with E-state index in [1.54, 1.807) is 10.9 Å². The maximum Gasteiger partial charge on any atom is 0.326 e. The minimum Gasteiger partial charge on any atom is -0.454 e. The number of amides is 1. The first-order chi connectivity index (χ1) is 13.2. The maximum atomic E-state index is 12.0. The van der Waals surface area contributed by atoms with Gasteiger partial charge in [0.2, 0.25) is 0 Å². The minimum absolute atomic E-state index is 0.0138. The van der Waals surface area contributed by atoms with E-state index < -0.39 is 5.97 Å². The van der Waals surface area contributed by atoms with Crippen LogP contribution < -0.4 is 5.32 Å². The highest BCUT2D eigenvalue weighted by Crippen LogP contribution is 2.13. The Bertz CT molecular complexity index is 916. The minimum atomic E-state index is -0.483. The molecule has 27 heavy (non-hydrogen) atoms. The third-order valence-corrected chi connectivity index (χ3v) is 4.25. The molecule has 0 aliphatic rings. The number of anilines is 1. The van der Waals surface area contributed by atoms with Gasteiger partial charge in [-0.3, -0.25) is 9.59 Å². The highest BCUT2D eigenvalue weighted by molar-refractivity contribution is 5.92. The molecule has 2 aromatic carbocycles. The van der Waals surface area contributed by atoms with Crippen LogP contribution in [-0.4, -0.2) is 28.0 Å². The van der Waals surface area contributed by atoms with E-state index in [0.717, 1.165) is 30.3 Å². The number of imidazole rings is 1. The van der Waals surface area contributed by atoms with Gasteiger partial charge in [-0.15, -0.1) is 0 Å². The number of carbonyl (C=O) groups is 2. The molecule has 0 unspecified atom stereocenters. The lowest BCUT2D eigenvalue weighted by Crippen LogP contribution is -2.22. The zero-order valence-corrected chi connectivity index (χ0v) is 15.4. The van der Waals surface area contributed by atoms with Crippen molar-refractivity contribution in [3.63, 3.8) is 0 Å². The van der Waals surface area contributed by atoms with Crippen LogP contribution in [0.2, 0.25) is 0 Å². The molecule has 3 aromatic rings. The Kier molecular flexibility index (Phi) is 6.20. The average Bonchev–Trinajstić information content (AvgIpc) is 3.09. The number of hydrogen-bond acceptors (Lipinski definition) is 4. The first-order valence-corrected chi connectivity index (χ1v) is 9.10. The van der Waals surface area contributed by atoms with Gasteiger partial charge in [-0.2, -0.15) is 0 Å². The van der Waals surface area contributed by atoms with Crippen molar-refractivity contribution in [2.24, 2.45) is 0 Å². The van der Waals surface area contributed by atoms with Gasteiger partial charge in [0, 0.05) is 5.69 Å². The summed E-state index contributed by atoms with van der Waals surface area (Å²) in [6.45, 7) is 1.86. The molecule has 1 N–H and O–H groups in total. The zero-order chi connectivity index (χ0) is 19.1. The fraction of sp³-hybridized carbons (Fsp3) is 0.286. The van der Waals surface area contributed by atoms with Crippen molar-refractivity contribution in [2.45, 2.75) is 32.7 Å². The van der Waals surface area contributed by atoms with Gasteiger partial charge in [0.25, 0.3) is 5.91 Å². The van der Waals surface area contributed by atoms with Gasteiger partial charge in [0.05, 0.1) is 17.4 Å². The van der Waals surface area contributed by atoms with E-state index in [-0.39, 0.29) is 19.1 Å². The number of hydrogen-bond donors (Lipinski definition) is 1. The largest absolute Gasteiger partial charge is 0.454 e.